The number of nitrogens with two attached hydrogens (primary N) is 2. The summed E-state index contributed by atoms with van der Waals surface area (Å²) < 4.78 is 0. The topological polar surface area (TPSA) is 55.3 Å². The maximum atomic E-state index is 5.88. The molecule has 6 rings (SSSR count). The van der Waals surface area contributed by atoms with Crippen molar-refractivity contribution in [1.29, 1.82) is 0 Å². The Morgan fingerprint density at radius 2 is 0.784 bits per heavy atom. The van der Waals surface area contributed by atoms with Crippen LogP contribution in [-0.2, 0) is 0 Å². The van der Waals surface area contributed by atoms with Crippen LogP contribution in [0.5, 0.6) is 0 Å². The predicted octanol–water partition coefficient (Wildman–Crippen LogP) is 8.81. The summed E-state index contributed by atoms with van der Waals surface area (Å²) in [6.07, 6.45) is 0. The number of benzene rings is 6. The van der Waals surface area contributed by atoms with E-state index in [0.29, 0.717) is 0 Å². The molecule has 0 radical (unpaired) electrons. The molecule has 0 saturated carbocycles. The second-order valence-corrected chi connectivity index (χ2v) is 9.17. The Balaban J connectivity index is 1.45. The van der Waals surface area contributed by atoms with Gasteiger partial charge in [-0.2, -0.15) is 0 Å². The Morgan fingerprint density at radius 1 is 0.378 bits per heavy atom. The monoisotopic (exact) mass is 477 g/mol. The third kappa shape index (κ3) is 4.51. The first kappa shape index (κ1) is 22.4. The molecule has 0 heterocycles. The van der Waals surface area contributed by atoms with Gasteiger partial charge in [0.25, 0.3) is 0 Å². The van der Waals surface area contributed by atoms with Gasteiger partial charge in [0.2, 0.25) is 0 Å². The molecule has 0 aromatic heterocycles. The predicted molar refractivity (Wildman–Crippen MR) is 158 cm³/mol. The molecule has 0 unspecified atom stereocenters. The molecule has 0 bridgehead atoms. The Labute approximate surface area is 217 Å². The lowest BCUT2D eigenvalue weighted by atomic mass is 10.0. The lowest BCUT2D eigenvalue weighted by Crippen LogP contribution is -2.10. The minimum Gasteiger partial charge on any atom is -0.399 e. The fourth-order valence-corrected chi connectivity index (χ4v) is 4.79. The van der Waals surface area contributed by atoms with Gasteiger partial charge in [0.1, 0.15) is 0 Å². The van der Waals surface area contributed by atoms with Crippen LogP contribution in [0.25, 0.3) is 33.0 Å². The smallest absolute Gasteiger partial charge is 0.0540 e. The van der Waals surface area contributed by atoms with Crippen LogP contribution in [0, 0.1) is 0 Å². The molecule has 0 fully saturated rings. The van der Waals surface area contributed by atoms with Gasteiger partial charge in [0.05, 0.1) is 5.69 Å². The summed E-state index contributed by atoms with van der Waals surface area (Å²) in [7, 11) is 0. The molecular formula is C34H27N3. The fraction of sp³-hybridized carbons (Fsp3) is 0. The molecule has 0 aliphatic rings. The molecule has 3 nitrogen and oxygen atoms in total. The van der Waals surface area contributed by atoms with E-state index < -0.39 is 0 Å². The zero-order chi connectivity index (χ0) is 25.2. The molecule has 0 aliphatic heterocycles. The summed E-state index contributed by atoms with van der Waals surface area (Å²) >= 11 is 0. The van der Waals surface area contributed by atoms with Gasteiger partial charge in [-0.1, -0.05) is 84.9 Å². The van der Waals surface area contributed by atoms with E-state index >= 15 is 0 Å². The number of nitrogen functional groups attached to an aromatic ring is 2. The van der Waals surface area contributed by atoms with E-state index in [1.54, 1.807) is 0 Å². The highest BCUT2D eigenvalue weighted by atomic mass is 15.1. The quantitative estimate of drug-likeness (QED) is 0.244. The summed E-state index contributed by atoms with van der Waals surface area (Å²) in [6.45, 7) is 0. The standard InChI is InChI=1S/C34H27N3/c35-29-16-8-24(9-17-29)26-12-20-31(21-13-26)37(34-7-3-5-28-4-1-2-6-33(28)34)32-22-14-27(15-23-32)25-10-18-30(36)19-11-25/h1-23H,35-36H2. The van der Waals surface area contributed by atoms with Gasteiger partial charge in [-0.15, -0.1) is 0 Å². The second kappa shape index (κ2) is 9.56. The number of hydrogen-bond acceptors (Lipinski definition) is 3. The fourth-order valence-electron chi connectivity index (χ4n) is 4.79. The van der Waals surface area contributed by atoms with Crippen LogP contribution in [0.15, 0.2) is 140 Å². The molecular weight excluding hydrogens is 450 g/mol. The molecule has 6 aromatic carbocycles. The lowest BCUT2D eigenvalue weighted by Gasteiger charge is -2.27. The minimum absolute atomic E-state index is 0.768. The van der Waals surface area contributed by atoms with E-state index in [4.69, 9.17) is 11.5 Å². The number of fused-ring (bicyclic) bond motifs is 1. The highest BCUT2D eigenvalue weighted by molar-refractivity contribution is 5.99. The molecule has 3 heteroatoms. The highest BCUT2D eigenvalue weighted by Gasteiger charge is 2.15. The lowest BCUT2D eigenvalue weighted by molar-refractivity contribution is 1.30. The Bertz CT molecular complexity index is 1560. The third-order valence-electron chi connectivity index (χ3n) is 6.75. The Hall–Kier alpha value is -5.02. The zero-order valence-electron chi connectivity index (χ0n) is 20.4. The average molecular weight is 478 g/mol. The Kier molecular flexibility index (Phi) is 5.80. The Morgan fingerprint density at radius 3 is 1.27 bits per heavy atom. The van der Waals surface area contributed by atoms with E-state index in [1.165, 1.54) is 10.8 Å². The zero-order valence-corrected chi connectivity index (χ0v) is 20.4. The van der Waals surface area contributed by atoms with Crippen LogP contribution in [0.1, 0.15) is 0 Å². The third-order valence-corrected chi connectivity index (χ3v) is 6.75. The summed E-state index contributed by atoms with van der Waals surface area (Å²) in [4.78, 5) is 2.32. The first-order valence-electron chi connectivity index (χ1n) is 12.4. The summed E-state index contributed by atoms with van der Waals surface area (Å²) in [5.74, 6) is 0. The number of nitrogens with zero attached hydrogens (tertiary/aromatic N) is 1. The molecule has 0 amide bonds. The van der Waals surface area contributed by atoms with E-state index in [9.17, 15) is 0 Å². The van der Waals surface area contributed by atoms with Crippen LogP contribution >= 0.6 is 0 Å². The van der Waals surface area contributed by atoms with Gasteiger partial charge in [0.15, 0.2) is 0 Å². The van der Waals surface area contributed by atoms with Crippen LogP contribution in [0.3, 0.4) is 0 Å². The number of rotatable bonds is 5. The molecule has 37 heavy (non-hydrogen) atoms. The number of anilines is 5. The summed E-state index contributed by atoms with van der Waals surface area (Å²) in [6, 6.07) is 48.4. The molecule has 0 aliphatic carbocycles. The van der Waals surface area contributed by atoms with E-state index in [1.807, 2.05) is 24.3 Å². The van der Waals surface area contributed by atoms with Crippen LogP contribution in [-0.4, -0.2) is 0 Å². The van der Waals surface area contributed by atoms with Crippen LogP contribution in [0.4, 0.5) is 28.4 Å². The van der Waals surface area contributed by atoms with Gasteiger partial charge >= 0.3 is 0 Å². The van der Waals surface area contributed by atoms with Crippen molar-refractivity contribution in [3.63, 3.8) is 0 Å². The molecule has 0 spiro atoms. The molecule has 0 saturated heterocycles. The SMILES string of the molecule is Nc1ccc(-c2ccc(N(c3ccc(-c4ccc(N)cc4)cc3)c3cccc4ccccc34)cc2)cc1. The molecule has 178 valence electrons. The van der Waals surface area contributed by atoms with Gasteiger partial charge in [0, 0.05) is 28.1 Å². The van der Waals surface area contributed by atoms with Crippen LogP contribution in [0.2, 0.25) is 0 Å². The second-order valence-electron chi connectivity index (χ2n) is 9.17. The van der Waals surface area contributed by atoms with Crippen molar-refractivity contribution >= 4 is 39.2 Å². The van der Waals surface area contributed by atoms with Crippen molar-refractivity contribution < 1.29 is 0 Å². The van der Waals surface area contributed by atoms with Crippen molar-refractivity contribution in [3.8, 4) is 22.3 Å². The maximum Gasteiger partial charge on any atom is 0.0540 e. The molecule has 0 atom stereocenters. The summed E-state index contributed by atoms with van der Waals surface area (Å²) in [5, 5.41) is 2.41. The largest absolute Gasteiger partial charge is 0.399 e. The van der Waals surface area contributed by atoms with Gasteiger partial charge < -0.3 is 16.4 Å². The van der Waals surface area contributed by atoms with Crippen molar-refractivity contribution in [2.24, 2.45) is 0 Å². The minimum atomic E-state index is 0.768. The average Bonchev–Trinajstić information content (AvgIpc) is 2.95. The van der Waals surface area contributed by atoms with Gasteiger partial charge in [-0.05, 0) is 82.2 Å². The van der Waals surface area contributed by atoms with E-state index in [-0.39, 0.29) is 0 Å². The summed E-state index contributed by atoms with van der Waals surface area (Å²) in [5.41, 5.74) is 21.2. The van der Waals surface area contributed by atoms with Crippen molar-refractivity contribution in [2.75, 3.05) is 16.4 Å². The first-order chi connectivity index (χ1) is 18.2. The first-order valence-corrected chi connectivity index (χ1v) is 12.4. The van der Waals surface area contributed by atoms with Gasteiger partial charge in [-0.25, -0.2) is 0 Å². The van der Waals surface area contributed by atoms with Crippen LogP contribution < -0.4 is 16.4 Å². The number of hydrogen-bond donors (Lipinski definition) is 2. The van der Waals surface area contributed by atoms with Crippen molar-refractivity contribution in [2.45, 2.75) is 0 Å². The van der Waals surface area contributed by atoms with E-state index in [0.717, 1.165) is 50.7 Å². The highest BCUT2D eigenvalue weighted by Crippen LogP contribution is 2.40. The van der Waals surface area contributed by atoms with Crippen molar-refractivity contribution in [3.05, 3.63) is 140 Å². The normalized spacial score (nSPS) is 10.9. The van der Waals surface area contributed by atoms with Crippen molar-refractivity contribution in [1.82, 2.24) is 0 Å². The maximum absolute atomic E-state index is 5.88. The molecule has 4 N–H and O–H groups in total. The van der Waals surface area contributed by atoms with Gasteiger partial charge in [-0.3, -0.25) is 0 Å². The van der Waals surface area contributed by atoms with E-state index in [2.05, 4.69) is 120 Å². The molecule has 6 aromatic rings.